The predicted molar refractivity (Wildman–Crippen MR) is 100 cm³/mol. The van der Waals surface area contributed by atoms with Crippen molar-refractivity contribution in [1.29, 1.82) is 0 Å². The van der Waals surface area contributed by atoms with Gasteiger partial charge >= 0.3 is 5.97 Å². The van der Waals surface area contributed by atoms with Crippen molar-refractivity contribution < 1.29 is 18.7 Å². The van der Waals surface area contributed by atoms with Gasteiger partial charge in [-0.3, -0.25) is 9.59 Å². The van der Waals surface area contributed by atoms with Crippen LogP contribution in [0.15, 0.2) is 54.6 Å². The van der Waals surface area contributed by atoms with E-state index in [0.717, 1.165) is 17.5 Å². The Bertz CT molecular complexity index is 791. The summed E-state index contributed by atoms with van der Waals surface area (Å²) in [7, 11) is 1.35. The molecule has 3 atom stereocenters. The molecule has 2 aromatic rings. The molecule has 3 rings (SSSR count). The molecule has 0 aliphatic heterocycles. The molecule has 0 bridgehead atoms. The molecule has 4 nitrogen and oxygen atoms in total. The van der Waals surface area contributed by atoms with Crippen molar-refractivity contribution in [3.63, 3.8) is 0 Å². The third kappa shape index (κ3) is 4.73. The maximum Gasteiger partial charge on any atom is 0.310 e. The van der Waals surface area contributed by atoms with Gasteiger partial charge in [0.05, 0.1) is 13.0 Å². The summed E-state index contributed by atoms with van der Waals surface area (Å²) in [5.74, 6) is -0.977. The molecule has 1 aliphatic carbocycles. The van der Waals surface area contributed by atoms with E-state index in [1.54, 1.807) is 24.0 Å². The van der Waals surface area contributed by atoms with Crippen molar-refractivity contribution in [3.05, 3.63) is 71.5 Å². The van der Waals surface area contributed by atoms with Crippen LogP contribution < -0.4 is 0 Å². The zero-order valence-corrected chi connectivity index (χ0v) is 15.6. The normalized spacial score (nSPS) is 19.2. The number of carbonyl (C=O) groups excluding carboxylic acids is 2. The highest BCUT2D eigenvalue weighted by Gasteiger charge is 2.46. The molecule has 27 heavy (non-hydrogen) atoms. The van der Waals surface area contributed by atoms with E-state index in [1.165, 1.54) is 19.2 Å². The first-order valence-electron chi connectivity index (χ1n) is 9.15. The minimum Gasteiger partial charge on any atom is -0.469 e. The van der Waals surface area contributed by atoms with Crippen LogP contribution in [0.3, 0.4) is 0 Å². The van der Waals surface area contributed by atoms with Gasteiger partial charge in [0.1, 0.15) is 5.82 Å². The molecular formula is C22H24FNO3. The zero-order valence-electron chi connectivity index (χ0n) is 15.6. The number of benzene rings is 2. The van der Waals surface area contributed by atoms with Crippen LogP contribution in [-0.4, -0.2) is 30.4 Å². The first-order valence-corrected chi connectivity index (χ1v) is 9.15. The Kier molecular flexibility index (Phi) is 5.89. The van der Waals surface area contributed by atoms with Gasteiger partial charge in [-0.2, -0.15) is 0 Å². The van der Waals surface area contributed by atoms with Gasteiger partial charge in [-0.1, -0.05) is 49.4 Å². The van der Waals surface area contributed by atoms with Crippen molar-refractivity contribution in [1.82, 2.24) is 4.90 Å². The lowest BCUT2D eigenvalue weighted by Gasteiger charge is -2.25. The van der Waals surface area contributed by atoms with Crippen LogP contribution in [-0.2, 0) is 20.9 Å². The van der Waals surface area contributed by atoms with E-state index >= 15 is 0 Å². The SMILES string of the molecule is COC(=O)C(C)CN(Cc1ccccc1)C(=O)C1CC1c1ccc(F)cc1. The van der Waals surface area contributed by atoms with Crippen molar-refractivity contribution in [2.75, 3.05) is 13.7 Å². The number of esters is 1. The molecule has 5 heteroatoms. The summed E-state index contributed by atoms with van der Waals surface area (Å²) in [6.45, 7) is 2.53. The van der Waals surface area contributed by atoms with Crippen LogP contribution >= 0.6 is 0 Å². The first kappa shape index (κ1) is 19.1. The molecule has 0 radical (unpaired) electrons. The number of amides is 1. The third-order valence-corrected chi connectivity index (χ3v) is 5.03. The minimum atomic E-state index is -0.398. The number of nitrogens with zero attached hydrogens (tertiary/aromatic N) is 1. The van der Waals surface area contributed by atoms with E-state index < -0.39 is 5.92 Å². The predicted octanol–water partition coefficient (Wildman–Crippen LogP) is 3.77. The van der Waals surface area contributed by atoms with Gasteiger partial charge in [-0.15, -0.1) is 0 Å². The molecule has 0 N–H and O–H groups in total. The summed E-state index contributed by atoms with van der Waals surface area (Å²) in [5, 5.41) is 0. The Morgan fingerprint density at radius 3 is 2.44 bits per heavy atom. The van der Waals surface area contributed by atoms with Crippen molar-refractivity contribution in [2.45, 2.75) is 25.8 Å². The second kappa shape index (κ2) is 8.33. The largest absolute Gasteiger partial charge is 0.469 e. The van der Waals surface area contributed by atoms with Gasteiger partial charge in [0, 0.05) is 19.0 Å². The van der Waals surface area contributed by atoms with Crippen LogP contribution in [0.5, 0.6) is 0 Å². The highest BCUT2D eigenvalue weighted by Crippen LogP contribution is 2.48. The van der Waals surface area contributed by atoms with E-state index in [4.69, 9.17) is 4.74 Å². The number of hydrogen-bond acceptors (Lipinski definition) is 3. The summed E-state index contributed by atoms with van der Waals surface area (Å²) in [5.41, 5.74) is 2.00. The number of ether oxygens (including phenoxy) is 1. The maximum atomic E-state index is 13.1. The van der Waals surface area contributed by atoms with E-state index in [9.17, 15) is 14.0 Å². The van der Waals surface area contributed by atoms with Crippen molar-refractivity contribution in [2.24, 2.45) is 11.8 Å². The molecule has 2 aromatic carbocycles. The number of methoxy groups -OCH3 is 1. The summed E-state index contributed by atoms with van der Waals surface area (Å²) in [6, 6.07) is 16.1. The number of carbonyl (C=O) groups is 2. The number of rotatable bonds is 7. The Labute approximate surface area is 158 Å². The Morgan fingerprint density at radius 1 is 1.15 bits per heavy atom. The molecular weight excluding hydrogens is 345 g/mol. The van der Waals surface area contributed by atoms with E-state index in [0.29, 0.717) is 13.1 Å². The number of halogens is 1. The second-order valence-electron chi connectivity index (χ2n) is 7.13. The molecule has 1 amide bonds. The maximum absolute atomic E-state index is 13.1. The smallest absolute Gasteiger partial charge is 0.310 e. The van der Waals surface area contributed by atoms with Crippen LogP contribution in [0.4, 0.5) is 4.39 Å². The third-order valence-electron chi connectivity index (χ3n) is 5.03. The molecule has 3 unspecified atom stereocenters. The average molecular weight is 369 g/mol. The molecule has 1 aliphatic rings. The highest BCUT2D eigenvalue weighted by molar-refractivity contribution is 5.83. The van der Waals surface area contributed by atoms with Gasteiger partial charge in [0.2, 0.25) is 5.91 Å². The molecule has 0 spiro atoms. The summed E-state index contributed by atoms with van der Waals surface area (Å²) >= 11 is 0. The Morgan fingerprint density at radius 2 is 1.81 bits per heavy atom. The lowest BCUT2D eigenvalue weighted by molar-refractivity contribution is -0.146. The first-order chi connectivity index (χ1) is 13.0. The Balaban J connectivity index is 1.72. The quantitative estimate of drug-likeness (QED) is 0.698. The Hall–Kier alpha value is -2.69. The monoisotopic (exact) mass is 369 g/mol. The fraction of sp³-hybridized carbons (Fsp3) is 0.364. The molecule has 0 saturated heterocycles. The van der Waals surface area contributed by atoms with E-state index in [1.807, 2.05) is 30.3 Å². The van der Waals surface area contributed by atoms with Crippen LogP contribution in [0.1, 0.15) is 30.4 Å². The van der Waals surface area contributed by atoms with Crippen LogP contribution in [0.2, 0.25) is 0 Å². The summed E-state index contributed by atoms with van der Waals surface area (Å²) in [4.78, 5) is 26.7. The van der Waals surface area contributed by atoms with Gasteiger partial charge < -0.3 is 9.64 Å². The van der Waals surface area contributed by atoms with Crippen LogP contribution in [0.25, 0.3) is 0 Å². The van der Waals surface area contributed by atoms with Gasteiger partial charge in [0.15, 0.2) is 0 Å². The summed E-state index contributed by atoms with van der Waals surface area (Å²) < 4.78 is 17.9. The molecule has 0 heterocycles. The fourth-order valence-electron chi connectivity index (χ4n) is 3.42. The van der Waals surface area contributed by atoms with Gasteiger partial charge in [-0.05, 0) is 35.6 Å². The van der Waals surface area contributed by atoms with Gasteiger partial charge in [0.25, 0.3) is 0 Å². The highest BCUT2D eigenvalue weighted by atomic mass is 19.1. The van der Waals surface area contributed by atoms with E-state index in [2.05, 4.69) is 0 Å². The molecule has 1 fully saturated rings. The van der Waals surface area contributed by atoms with Crippen LogP contribution in [0, 0.1) is 17.7 Å². The zero-order chi connectivity index (χ0) is 19.4. The number of hydrogen-bond donors (Lipinski definition) is 0. The van der Waals surface area contributed by atoms with Crippen molar-refractivity contribution in [3.8, 4) is 0 Å². The van der Waals surface area contributed by atoms with Gasteiger partial charge in [-0.25, -0.2) is 4.39 Å². The van der Waals surface area contributed by atoms with E-state index in [-0.39, 0.29) is 29.5 Å². The lowest BCUT2D eigenvalue weighted by Crippen LogP contribution is -2.38. The molecule has 142 valence electrons. The van der Waals surface area contributed by atoms with Crippen molar-refractivity contribution >= 4 is 11.9 Å². The second-order valence-corrected chi connectivity index (χ2v) is 7.13. The standard InChI is InChI=1S/C22H24FNO3/c1-15(22(26)27-2)13-24(14-16-6-4-3-5-7-16)21(25)20-12-19(20)17-8-10-18(23)11-9-17/h3-11,15,19-20H,12-14H2,1-2H3. The lowest BCUT2D eigenvalue weighted by atomic mass is 10.1. The minimum absolute atomic E-state index is 0.0314. The fourth-order valence-corrected chi connectivity index (χ4v) is 3.42. The molecule has 1 saturated carbocycles. The average Bonchev–Trinajstić information content (AvgIpc) is 3.48. The summed E-state index contributed by atoms with van der Waals surface area (Å²) in [6.07, 6.45) is 0.752. The molecule has 0 aromatic heterocycles. The topological polar surface area (TPSA) is 46.6 Å².